The maximum Gasteiger partial charge on any atom is 0.248 e. The minimum atomic E-state index is -0.520. The second-order valence-electron chi connectivity index (χ2n) is 5.71. The molecule has 26 heavy (non-hydrogen) atoms. The molecule has 0 aliphatic heterocycles. The summed E-state index contributed by atoms with van der Waals surface area (Å²) in [5.74, 6) is -0.734. The smallest absolute Gasteiger partial charge is 0.248 e. The summed E-state index contributed by atoms with van der Waals surface area (Å²) in [6.45, 7) is 3.82. The third-order valence-electron chi connectivity index (χ3n) is 3.64. The van der Waals surface area contributed by atoms with Crippen LogP contribution in [0.15, 0.2) is 41.4 Å². The lowest BCUT2D eigenvalue weighted by molar-refractivity contribution is -0.115. The number of aromatic nitrogens is 1. The van der Waals surface area contributed by atoms with E-state index in [4.69, 9.17) is 5.73 Å². The highest BCUT2D eigenvalue weighted by Gasteiger charge is 2.18. The Morgan fingerprint density at radius 1 is 1.27 bits per heavy atom. The van der Waals surface area contributed by atoms with Gasteiger partial charge in [0, 0.05) is 16.9 Å². The number of nitriles is 1. The number of carbonyl (C=O) groups excluding carboxylic acids is 2. The van der Waals surface area contributed by atoms with E-state index in [1.54, 1.807) is 37.3 Å². The number of rotatable bonds is 7. The number of carbonyl (C=O) groups is 2. The van der Waals surface area contributed by atoms with Crippen LogP contribution >= 0.6 is 11.8 Å². The summed E-state index contributed by atoms with van der Waals surface area (Å²) in [6, 6.07) is 12.1. The van der Waals surface area contributed by atoms with Gasteiger partial charge in [-0.15, -0.1) is 0 Å². The van der Waals surface area contributed by atoms with E-state index in [0.29, 0.717) is 21.8 Å². The Hall–Kier alpha value is -2.85. The van der Waals surface area contributed by atoms with Gasteiger partial charge in [-0.3, -0.25) is 9.59 Å². The van der Waals surface area contributed by atoms with Gasteiger partial charge < -0.3 is 11.1 Å². The molecule has 2 aromatic rings. The minimum Gasteiger partial charge on any atom is -0.366 e. The third-order valence-corrected chi connectivity index (χ3v) is 4.74. The van der Waals surface area contributed by atoms with E-state index in [1.807, 2.05) is 6.07 Å². The first-order valence-electron chi connectivity index (χ1n) is 8.22. The van der Waals surface area contributed by atoms with Crippen molar-refractivity contribution < 1.29 is 9.59 Å². The molecule has 6 nitrogen and oxygen atoms in total. The maximum absolute atomic E-state index is 12.4. The average molecular weight is 368 g/mol. The molecule has 3 N–H and O–H groups in total. The molecule has 0 bridgehead atoms. The van der Waals surface area contributed by atoms with E-state index < -0.39 is 11.2 Å². The van der Waals surface area contributed by atoms with Crippen LogP contribution in [0.3, 0.4) is 0 Å². The van der Waals surface area contributed by atoms with Crippen molar-refractivity contribution in [1.29, 1.82) is 5.26 Å². The Kier molecular flexibility index (Phi) is 6.75. The molecule has 1 atom stereocenters. The van der Waals surface area contributed by atoms with Crippen LogP contribution in [-0.4, -0.2) is 22.0 Å². The largest absolute Gasteiger partial charge is 0.366 e. The van der Waals surface area contributed by atoms with E-state index in [-0.39, 0.29) is 5.91 Å². The van der Waals surface area contributed by atoms with E-state index >= 15 is 0 Å². The van der Waals surface area contributed by atoms with Gasteiger partial charge >= 0.3 is 0 Å². The Labute approximate surface area is 156 Å². The number of nitrogens with one attached hydrogen (secondary N) is 1. The standard InChI is InChI=1S/C19H20N4O2S/c1-3-4-15-10-7-14(11-20)19(23-15)26-12(2)18(25)22-16-8-5-13(6-9-16)17(21)24/h5-10,12H,3-4H2,1-2H3,(H2,21,24)(H,22,25). The monoisotopic (exact) mass is 368 g/mol. The zero-order valence-corrected chi connectivity index (χ0v) is 15.5. The van der Waals surface area contributed by atoms with Crippen LogP contribution in [0.1, 0.15) is 41.9 Å². The molecule has 0 spiro atoms. The van der Waals surface area contributed by atoms with Crippen molar-refractivity contribution >= 4 is 29.3 Å². The van der Waals surface area contributed by atoms with Crippen LogP contribution in [0.2, 0.25) is 0 Å². The number of primary amides is 1. The van der Waals surface area contributed by atoms with Gasteiger partial charge in [-0.05, 0) is 49.7 Å². The molecular weight excluding hydrogens is 348 g/mol. The van der Waals surface area contributed by atoms with Crippen molar-refractivity contribution in [2.24, 2.45) is 5.73 Å². The number of pyridine rings is 1. The summed E-state index contributed by atoms with van der Waals surface area (Å²) in [5, 5.41) is 12.2. The number of thioether (sulfide) groups is 1. The normalized spacial score (nSPS) is 11.4. The van der Waals surface area contributed by atoms with E-state index in [2.05, 4.69) is 23.3 Å². The first-order valence-corrected chi connectivity index (χ1v) is 9.10. The van der Waals surface area contributed by atoms with Gasteiger partial charge in [0.2, 0.25) is 11.8 Å². The van der Waals surface area contributed by atoms with Crippen molar-refractivity contribution in [3.63, 3.8) is 0 Å². The van der Waals surface area contributed by atoms with Gasteiger partial charge in [0.05, 0.1) is 10.8 Å². The van der Waals surface area contributed by atoms with Crippen LogP contribution in [0.4, 0.5) is 5.69 Å². The maximum atomic E-state index is 12.4. The molecule has 1 aromatic carbocycles. The average Bonchev–Trinajstić information content (AvgIpc) is 2.62. The molecule has 2 amide bonds. The van der Waals surface area contributed by atoms with E-state index in [0.717, 1.165) is 18.5 Å². The van der Waals surface area contributed by atoms with Crippen LogP contribution in [0.5, 0.6) is 0 Å². The summed E-state index contributed by atoms with van der Waals surface area (Å²) in [6.07, 6.45) is 1.78. The molecule has 0 aliphatic rings. The highest BCUT2D eigenvalue weighted by atomic mass is 32.2. The first kappa shape index (κ1) is 19.5. The Balaban J connectivity index is 2.08. The highest BCUT2D eigenvalue weighted by Crippen LogP contribution is 2.26. The number of hydrogen-bond acceptors (Lipinski definition) is 5. The van der Waals surface area contributed by atoms with Crippen LogP contribution in [0, 0.1) is 11.3 Å². The number of hydrogen-bond donors (Lipinski definition) is 2. The van der Waals surface area contributed by atoms with Gasteiger partial charge in [-0.25, -0.2) is 4.98 Å². The fraction of sp³-hybridized carbons (Fsp3) is 0.263. The van der Waals surface area contributed by atoms with Gasteiger partial charge in [0.15, 0.2) is 0 Å². The zero-order chi connectivity index (χ0) is 19.1. The third kappa shape index (κ3) is 5.07. The first-order chi connectivity index (χ1) is 12.4. The van der Waals surface area contributed by atoms with Crippen molar-refractivity contribution in [3.8, 4) is 6.07 Å². The summed E-state index contributed by atoms with van der Waals surface area (Å²) in [4.78, 5) is 28.0. The summed E-state index contributed by atoms with van der Waals surface area (Å²) >= 11 is 1.25. The van der Waals surface area contributed by atoms with Crippen LogP contribution < -0.4 is 11.1 Å². The van der Waals surface area contributed by atoms with Gasteiger partial charge in [0.25, 0.3) is 0 Å². The zero-order valence-electron chi connectivity index (χ0n) is 14.7. The predicted molar refractivity (Wildman–Crippen MR) is 102 cm³/mol. The van der Waals surface area contributed by atoms with Crippen molar-refractivity contribution in [1.82, 2.24) is 4.98 Å². The van der Waals surface area contributed by atoms with Gasteiger partial charge in [-0.2, -0.15) is 5.26 Å². The quantitative estimate of drug-likeness (QED) is 0.730. The van der Waals surface area contributed by atoms with Gasteiger partial charge in [0.1, 0.15) is 11.1 Å². The second kappa shape index (κ2) is 9.02. The van der Waals surface area contributed by atoms with Crippen molar-refractivity contribution in [3.05, 3.63) is 53.2 Å². The molecular formula is C19H20N4O2S. The number of aryl methyl sites for hydroxylation is 1. The van der Waals surface area contributed by atoms with Gasteiger partial charge in [-0.1, -0.05) is 25.1 Å². The molecule has 1 aromatic heterocycles. The number of benzene rings is 1. The van der Waals surface area contributed by atoms with Crippen LogP contribution in [-0.2, 0) is 11.2 Å². The molecule has 1 unspecified atom stereocenters. The molecule has 0 saturated heterocycles. The molecule has 2 rings (SSSR count). The molecule has 0 fully saturated rings. The SMILES string of the molecule is CCCc1ccc(C#N)c(SC(C)C(=O)Nc2ccc(C(N)=O)cc2)n1. The molecule has 0 saturated carbocycles. The summed E-state index contributed by atoms with van der Waals surface area (Å²) in [5.41, 5.74) is 7.51. The minimum absolute atomic E-state index is 0.214. The summed E-state index contributed by atoms with van der Waals surface area (Å²) < 4.78 is 0. The van der Waals surface area contributed by atoms with Crippen molar-refractivity contribution in [2.75, 3.05) is 5.32 Å². The Morgan fingerprint density at radius 3 is 2.54 bits per heavy atom. The lowest BCUT2D eigenvalue weighted by Crippen LogP contribution is -2.22. The van der Waals surface area contributed by atoms with Crippen molar-refractivity contribution in [2.45, 2.75) is 37.0 Å². The van der Waals surface area contributed by atoms with E-state index in [9.17, 15) is 14.9 Å². The molecule has 7 heteroatoms. The second-order valence-corrected chi connectivity index (χ2v) is 7.04. The van der Waals surface area contributed by atoms with Crippen LogP contribution in [0.25, 0.3) is 0 Å². The lowest BCUT2D eigenvalue weighted by atomic mass is 10.2. The fourth-order valence-electron chi connectivity index (χ4n) is 2.23. The number of nitrogens with zero attached hydrogens (tertiary/aromatic N) is 2. The Bertz CT molecular complexity index is 844. The predicted octanol–water partition coefficient (Wildman–Crippen LogP) is 3.12. The number of nitrogens with two attached hydrogens (primary N) is 1. The number of anilines is 1. The molecule has 1 heterocycles. The van der Waals surface area contributed by atoms with E-state index in [1.165, 1.54) is 11.8 Å². The molecule has 0 radical (unpaired) electrons. The number of amides is 2. The summed E-state index contributed by atoms with van der Waals surface area (Å²) in [7, 11) is 0. The molecule has 0 aliphatic carbocycles. The molecule has 134 valence electrons. The topological polar surface area (TPSA) is 109 Å². The highest BCUT2D eigenvalue weighted by molar-refractivity contribution is 8.00. The lowest BCUT2D eigenvalue weighted by Gasteiger charge is -2.13. The Morgan fingerprint density at radius 2 is 1.96 bits per heavy atom. The fourth-order valence-corrected chi connectivity index (χ4v) is 3.14.